The standard InChI is InChI=1S/C20H42BrN/c1-4-5-6-7-8-9-10-11-12-13-14-15-16-19(2)20(3,22)17-18-21/h19H,4-18,22H2,1-3H3. The fourth-order valence-corrected chi connectivity index (χ4v) is 3.93. The molecule has 2 unspecified atom stereocenters. The molecule has 0 spiro atoms. The van der Waals surface area contributed by atoms with Gasteiger partial charge in [-0.05, 0) is 25.7 Å². The largest absolute Gasteiger partial charge is 0.325 e. The Bertz CT molecular complexity index is 228. The Morgan fingerprint density at radius 3 is 1.64 bits per heavy atom. The number of halogens is 1. The van der Waals surface area contributed by atoms with Crippen LogP contribution >= 0.6 is 15.9 Å². The Hall–Kier alpha value is 0.440. The quantitative estimate of drug-likeness (QED) is 0.223. The average Bonchev–Trinajstić information content (AvgIpc) is 2.48. The van der Waals surface area contributed by atoms with Crippen LogP contribution < -0.4 is 5.73 Å². The van der Waals surface area contributed by atoms with E-state index in [0.29, 0.717) is 5.92 Å². The minimum atomic E-state index is 0.00127. The van der Waals surface area contributed by atoms with Crippen molar-refractivity contribution in [3.63, 3.8) is 0 Å². The monoisotopic (exact) mass is 375 g/mol. The molecule has 1 nitrogen and oxygen atoms in total. The van der Waals surface area contributed by atoms with Gasteiger partial charge < -0.3 is 5.73 Å². The van der Waals surface area contributed by atoms with Gasteiger partial charge in [0.15, 0.2) is 0 Å². The average molecular weight is 376 g/mol. The van der Waals surface area contributed by atoms with Crippen molar-refractivity contribution in [2.75, 3.05) is 5.33 Å². The molecule has 0 saturated heterocycles. The maximum Gasteiger partial charge on any atom is 0.0159 e. The van der Waals surface area contributed by atoms with Crippen LogP contribution in [0.25, 0.3) is 0 Å². The molecule has 0 aliphatic carbocycles. The second-order valence-electron chi connectivity index (χ2n) is 7.52. The van der Waals surface area contributed by atoms with E-state index in [-0.39, 0.29) is 5.54 Å². The van der Waals surface area contributed by atoms with Gasteiger partial charge in [-0.15, -0.1) is 0 Å². The van der Waals surface area contributed by atoms with Gasteiger partial charge in [-0.3, -0.25) is 0 Å². The lowest BCUT2D eigenvalue weighted by Gasteiger charge is -2.31. The minimum absolute atomic E-state index is 0.00127. The van der Waals surface area contributed by atoms with Gasteiger partial charge in [0, 0.05) is 10.9 Å². The Balaban J connectivity index is 3.30. The highest BCUT2D eigenvalue weighted by Crippen LogP contribution is 2.24. The number of hydrogen-bond acceptors (Lipinski definition) is 1. The highest BCUT2D eigenvalue weighted by Gasteiger charge is 2.24. The lowest BCUT2D eigenvalue weighted by molar-refractivity contribution is 0.285. The van der Waals surface area contributed by atoms with E-state index in [2.05, 4.69) is 36.7 Å². The van der Waals surface area contributed by atoms with Crippen molar-refractivity contribution in [2.24, 2.45) is 11.7 Å². The molecule has 134 valence electrons. The van der Waals surface area contributed by atoms with Crippen LogP contribution in [-0.4, -0.2) is 10.9 Å². The third-order valence-corrected chi connectivity index (χ3v) is 5.65. The molecule has 0 saturated carbocycles. The van der Waals surface area contributed by atoms with Crippen LogP contribution in [0.15, 0.2) is 0 Å². The number of unbranched alkanes of at least 4 members (excludes halogenated alkanes) is 11. The van der Waals surface area contributed by atoms with Crippen LogP contribution in [-0.2, 0) is 0 Å². The molecule has 0 bridgehead atoms. The zero-order chi connectivity index (χ0) is 16.7. The van der Waals surface area contributed by atoms with Crippen molar-refractivity contribution in [2.45, 2.75) is 116 Å². The molecule has 2 N–H and O–H groups in total. The van der Waals surface area contributed by atoms with E-state index in [1.807, 2.05) is 0 Å². The van der Waals surface area contributed by atoms with Crippen LogP contribution in [0.4, 0.5) is 0 Å². The summed E-state index contributed by atoms with van der Waals surface area (Å²) in [6, 6.07) is 0. The summed E-state index contributed by atoms with van der Waals surface area (Å²) < 4.78 is 0. The van der Waals surface area contributed by atoms with E-state index in [1.54, 1.807) is 0 Å². The van der Waals surface area contributed by atoms with Gasteiger partial charge in [0.25, 0.3) is 0 Å². The third-order valence-electron chi connectivity index (χ3n) is 5.25. The number of rotatable bonds is 16. The molecule has 0 aliphatic heterocycles. The molecule has 0 rings (SSSR count). The van der Waals surface area contributed by atoms with Crippen molar-refractivity contribution in [1.29, 1.82) is 0 Å². The van der Waals surface area contributed by atoms with Gasteiger partial charge in [-0.2, -0.15) is 0 Å². The molecule has 0 heterocycles. The zero-order valence-corrected chi connectivity index (χ0v) is 17.2. The first-order valence-corrected chi connectivity index (χ1v) is 11.0. The summed E-state index contributed by atoms with van der Waals surface area (Å²) in [6.45, 7) is 6.82. The molecule has 0 aromatic carbocycles. The highest BCUT2D eigenvalue weighted by atomic mass is 79.9. The first-order chi connectivity index (χ1) is 10.5. The van der Waals surface area contributed by atoms with E-state index in [9.17, 15) is 0 Å². The summed E-state index contributed by atoms with van der Waals surface area (Å²) in [7, 11) is 0. The molecule has 0 aliphatic rings. The number of nitrogens with two attached hydrogens (primary N) is 1. The molecule has 0 radical (unpaired) electrons. The van der Waals surface area contributed by atoms with Crippen LogP contribution in [0.5, 0.6) is 0 Å². The van der Waals surface area contributed by atoms with Crippen molar-refractivity contribution in [1.82, 2.24) is 0 Å². The van der Waals surface area contributed by atoms with Gasteiger partial charge in [0.2, 0.25) is 0 Å². The SMILES string of the molecule is CCCCCCCCCCCCCCC(C)C(C)(N)CCBr. The van der Waals surface area contributed by atoms with Crippen molar-refractivity contribution in [3.05, 3.63) is 0 Å². The lowest BCUT2D eigenvalue weighted by atomic mass is 9.82. The molecule has 2 atom stereocenters. The topological polar surface area (TPSA) is 26.0 Å². The van der Waals surface area contributed by atoms with E-state index >= 15 is 0 Å². The predicted octanol–water partition coefficient (Wildman–Crippen LogP) is 7.22. The van der Waals surface area contributed by atoms with E-state index < -0.39 is 0 Å². The summed E-state index contributed by atoms with van der Waals surface area (Å²) in [5.74, 6) is 0.633. The molecule has 0 aromatic rings. The second-order valence-corrected chi connectivity index (χ2v) is 8.32. The van der Waals surface area contributed by atoms with Crippen molar-refractivity contribution in [3.8, 4) is 0 Å². The van der Waals surface area contributed by atoms with Gasteiger partial charge in [0.05, 0.1) is 0 Å². The summed E-state index contributed by atoms with van der Waals surface area (Å²) in [4.78, 5) is 0. The lowest BCUT2D eigenvalue weighted by Crippen LogP contribution is -2.43. The highest BCUT2D eigenvalue weighted by molar-refractivity contribution is 9.09. The molecule has 0 aromatic heterocycles. The summed E-state index contributed by atoms with van der Waals surface area (Å²) >= 11 is 3.51. The van der Waals surface area contributed by atoms with Gasteiger partial charge in [-0.25, -0.2) is 0 Å². The fraction of sp³-hybridized carbons (Fsp3) is 1.00. The van der Waals surface area contributed by atoms with Crippen LogP contribution in [0.2, 0.25) is 0 Å². The molecular weight excluding hydrogens is 334 g/mol. The molecule has 2 heteroatoms. The number of hydrogen-bond donors (Lipinski definition) is 1. The molecule has 0 fully saturated rings. The first-order valence-electron chi connectivity index (χ1n) is 9.89. The van der Waals surface area contributed by atoms with E-state index in [0.717, 1.165) is 11.8 Å². The maximum atomic E-state index is 6.38. The smallest absolute Gasteiger partial charge is 0.0159 e. The van der Waals surface area contributed by atoms with Crippen LogP contribution in [0, 0.1) is 5.92 Å². The van der Waals surface area contributed by atoms with E-state index in [1.165, 1.54) is 83.5 Å². The van der Waals surface area contributed by atoms with E-state index in [4.69, 9.17) is 5.73 Å². The minimum Gasteiger partial charge on any atom is -0.325 e. The molecular formula is C20H42BrN. The summed E-state index contributed by atoms with van der Waals surface area (Å²) in [5, 5.41) is 1.02. The van der Waals surface area contributed by atoms with Gasteiger partial charge in [0.1, 0.15) is 0 Å². The Labute approximate surface area is 149 Å². The molecule has 0 amide bonds. The normalized spacial score (nSPS) is 15.7. The zero-order valence-electron chi connectivity index (χ0n) is 15.6. The molecule has 22 heavy (non-hydrogen) atoms. The second kappa shape index (κ2) is 15.0. The predicted molar refractivity (Wildman–Crippen MR) is 106 cm³/mol. The third kappa shape index (κ3) is 12.9. The van der Waals surface area contributed by atoms with Crippen LogP contribution in [0.1, 0.15) is 111 Å². The van der Waals surface area contributed by atoms with Crippen molar-refractivity contribution >= 4 is 15.9 Å². The summed E-state index contributed by atoms with van der Waals surface area (Å²) in [5.41, 5.74) is 6.38. The van der Waals surface area contributed by atoms with Gasteiger partial charge >= 0.3 is 0 Å². The van der Waals surface area contributed by atoms with Gasteiger partial charge in [-0.1, -0.05) is 107 Å². The first kappa shape index (κ1) is 22.4. The van der Waals surface area contributed by atoms with Crippen molar-refractivity contribution < 1.29 is 0 Å². The fourth-order valence-electron chi connectivity index (χ4n) is 3.07. The van der Waals surface area contributed by atoms with Crippen LogP contribution in [0.3, 0.4) is 0 Å². The Morgan fingerprint density at radius 2 is 1.23 bits per heavy atom. The Morgan fingerprint density at radius 1 is 0.818 bits per heavy atom. The summed E-state index contributed by atoms with van der Waals surface area (Å²) in [6.07, 6.45) is 19.5. The maximum absolute atomic E-state index is 6.38. The Kier molecular flexibility index (Phi) is 15.3. The number of alkyl halides is 1.